The normalized spacial score (nSPS) is 12.0. The zero-order chi connectivity index (χ0) is 19.6. The number of aromatic nitrogens is 4. The van der Waals surface area contributed by atoms with Crippen molar-refractivity contribution in [1.29, 1.82) is 0 Å². The number of hydrogen-bond acceptors (Lipinski definition) is 5. The zero-order valence-electron chi connectivity index (χ0n) is 14.0. The second-order valence-corrected chi connectivity index (χ2v) is 5.89. The van der Waals surface area contributed by atoms with Gasteiger partial charge in [-0.25, -0.2) is 4.98 Å². The number of fused-ring (bicyclic) bond motifs is 1. The first-order valence-corrected chi connectivity index (χ1v) is 8.25. The van der Waals surface area contributed by atoms with Crippen LogP contribution in [0.1, 0.15) is 18.2 Å². The SMILES string of the molecule is CCc1nc2ncnn2c(NCc2ccc(OC(F)(F)C(F)F)cc2)c1Cl. The maximum absolute atomic E-state index is 12.9. The van der Waals surface area contributed by atoms with Crippen LogP contribution in [0.5, 0.6) is 5.75 Å². The molecule has 0 amide bonds. The van der Waals surface area contributed by atoms with Crippen molar-refractivity contribution in [2.45, 2.75) is 32.4 Å². The topological polar surface area (TPSA) is 64.3 Å². The Morgan fingerprint density at radius 3 is 2.59 bits per heavy atom. The molecule has 3 rings (SSSR count). The number of anilines is 1. The Morgan fingerprint density at radius 2 is 1.96 bits per heavy atom. The van der Waals surface area contributed by atoms with Crippen LogP contribution in [0.15, 0.2) is 30.6 Å². The molecule has 3 aromatic rings. The summed E-state index contributed by atoms with van der Waals surface area (Å²) in [7, 11) is 0. The first-order valence-electron chi connectivity index (χ1n) is 7.87. The number of alkyl halides is 4. The molecule has 0 spiro atoms. The molecular weight excluding hydrogens is 390 g/mol. The second-order valence-electron chi connectivity index (χ2n) is 5.51. The summed E-state index contributed by atoms with van der Waals surface area (Å²) in [6, 6.07) is 5.31. The zero-order valence-corrected chi connectivity index (χ0v) is 14.7. The van der Waals surface area contributed by atoms with E-state index in [1.807, 2.05) is 6.92 Å². The molecule has 144 valence electrons. The van der Waals surface area contributed by atoms with E-state index in [0.29, 0.717) is 34.3 Å². The molecule has 2 aromatic heterocycles. The lowest BCUT2D eigenvalue weighted by Crippen LogP contribution is -2.33. The van der Waals surface area contributed by atoms with Gasteiger partial charge >= 0.3 is 12.5 Å². The van der Waals surface area contributed by atoms with Gasteiger partial charge in [0.05, 0.1) is 5.69 Å². The lowest BCUT2D eigenvalue weighted by atomic mass is 10.2. The first-order chi connectivity index (χ1) is 12.8. The maximum Gasteiger partial charge on any atom is 0.461 e. The van der Waals surface area contributed by atoms with Crippen molar-refractivity contribution in [2.24, 2.45) is 0 Å². The highest BCUT2D eigenvalue weighted by molar-refractivity contribution is 6.33. The maximum atomic E-state index is 12.9. The van der Waals surface area contributed by atoms with E-state index in [2.05, 4.69) is 25.1 Å². The summed E-state index contributed by atoms with van der Waals surface area (Å²) in [5.41, 5.74) is 1.33. The van der Waals surface area contributed by atoms with Gasteiger partial charge in [0.1, 0.15) is 17.1 Å². The highest BCUT2D eigenvalue weighted by Crippen LogP contribution is 2.28. The molecule has 0 fully saturated rings. The van der Waals surface area contributed by atoms with Crippen molar-refractivity contribution in [3.8, 4) is 5.75 Å². The molecule has 1 aromatic carbocycles. The van der Waals surface area contributed by atoms with E-state index in [1.165, 1.54) is 35.1 Å². The van der Waals surface area contributed by atoms with Crippen LogP contribution in [0.2, 0.25) is 5.02 Å². The third kappa shape index (κ3) is 4.05. The van der Waals surface area contributed by atoms with Crippen LogP contribution in [0.25, 0.3) is 5.78 Å². The van der Waals surface area contributed by atoms with Crippen molar-refractivity contribution in [2.75, 3.05) is 5.32 Å². The molecule has 0 saturated heterocycles. The van der Waals surface area contributed by atoms with E-state index in [0.717, 1.165) is 0 Å². The minimum Gasteiger partial charge on any atom is -0.428 e. The van der Waals surface area contributed by atoms with Gasteiger partial charge in [-0.3, -0.25) is 0 Å². The lowest BCUT2D eigenvalue weighted by molar-refractivity contribution is -0.253. The van der Waals surface area contributed by atoms with Crippen molar-refractivity contribution < 1.29 is 22.3 Å². The average Bonchev–Trinajstić information content (AvgIpc) is 3.09. The fourth-order valence-corrected chi connectivity index (χ4v) is 2.64. The standard InChI is InChI=1S/C16H14ClF4N5O/c1-2-11-12(17)13(26-15(25-11)23-8-24-26)22-7-9-3-5-10(6-4-9)27-16(20,21)14(18)19/h3-6,8,14,22H,2,7H2,1H3. The average molecular weight is 404 g/mol. The predicted octanol–water partition coefficient (Wildman–Crippen LogP) is 4.19. The summed E-state index contributed by atoms with van der Waals surface area (Å²) < 4.78 is 55.6. The molecule has 1 N–H and O–H groups in total. The Hall–Kier alpha value is -2.62. The molecule has 0 saturated carbocycles. The summed E-state index contributed by atoms with van der Waals surface area (Å²) in [6.45, 7) is 2.17. The Bertz CT molecular complexity index is 932. The van der Waals surface area contributed by atoms with Gasteiger partial charge in [-0.05, 0) is 24.1 Å². The van der Waals surface area contributed by atoms with E-state index in [4.69, 9.17) is 11.6 Å². The molecule has 0 aliphatic carbocycles. The molecule has 11 heteroatoms. The van der Waals surface area contributed by atoms with Crippen LogP contribution >= 0.6 is 11.6 Å². The van der Waals surface area contributed by atoms with Crippen molar-refractivity contribution >= 4 is 23.2 Å². The van der Waals surface area contributed by atoms with Gasteiger partial charge in [-0.1, -0.05) is 30.7 Å². The van der Waals surface area contributed by atoms with Crippen LogP contribution in [-0.4, -0.2) is 32.1 Å². The van der Waals surface area contributed by atoms with Gasteiger partial charge in [0.15, 0.2) is 5.82 Å². The molecular formula is C16H14ClF4N5O. The number of benzene rings is 1. The second kappa shape index (κ2) is 7.55. The van der Waals surface area contributed by atoms with Crippen LogP contribution in [0.3, 0.4) is 0 Å². The quantitative estimate of drug-likeness (QED) is 0.599. The predicted molar refractivity (Wildman–Crippen MR) is 90.5 cm³/mol. The highest BCUT2D eigenvalue weighted by Gasteiger charge is 2.43. The van der Waals surface area contributed by atoms with Gasteiger partial charge in [0, 0.05) is 6.54 Å². The van der Waals surface area contributed by atoms with Gasteiger partial charge in [-0.15, -0.1) is 0 Å². The highest BCUT2D eigenvalue weighted by atomic mass is 35.5. The third-order valence-corrected chi connectivity index (χ3v) is 4.06. The monoisotopic (exact) mass is 403 g/mol. The Kier molecular flexibility index (Phi) is 5.36. The molecule has 0 atom stereocenters. The molecule has 0 aliphatic heterocycles. The minimum atomic E-state index is -4.54. The summed E-state index contributed by atoms with van der Waals surface area (Å²) in [5.74, 6) is 0.509. The molecule has 0 unspecified atom stereocenters. The van der Waals surface area contributed by atoms with Crippen molar-refractivity contribution in [3.63, 3.8) is 0 Å². The third-order valence-electron chi connectivity index (χ3n) is 3.66. The lowest BCUT2D eigenvalue weighted by Gasteiger charge is -2.17. The number of aryl methyl sites for hydroxylation is 1. The van der Waals surface area contributed by atoms with E-state index in [1.54, 1.807) is 0 Å². The van der Waals surface area contributed by atoms with Crippen LogP contribution < -0.4 is 10.1 Å². The molecule has 0 bridgehead atoms. The minimum absolute atomic E-state index is 0.271. The largest absolute Gasteiger partial charge is 0.461 e. The van der Waals surface area contributed by atoms with Gasteiger partial charge in [0.2, 0.25) is 0 Å². The Labute approximate surface area is 156 Å². The van der Waals surface area contributed by atoms with Crippen molar-refractivity contribution in [1.82, 2.24) is 19.6 Å². The van der Waals surface area contributed by atoms with Gasteiger partial charge in [-0.2, -0.15) is 32.2 Å². The number of ether oxygens (including phenoxy) is 1. The smallest absolute Gasteiger partial charge is 0.428 e. The molecule has 27 heavy (non-hydrogen) atoms. The van der Waals surface area contributed by atoms with Gasteiger partial charge < -0.3 is 10.1 Å². The first kappa shape index (κ1) is 19.2. The molecule has 2 heterocycles. The Balaban J connectivity index is 1.75. The summed E-state index contributed by atoms with van der Waals surface area (Å²) in [6.07, 6.45) is -6.51. The van der Waals surface area contributed by atoms with Gasteiger partial charge in [0.25, 0.3) is 5.78 Å². The summed E-state index contributed by atoms with van der Waals surface area (Å²) >= 11 is 6.35. The van der Waals surface area contributed by atoms with Crippen LogP contribution in [-0.2, 0) is 13.0 Å². The van der Waals surface area contributed by atoms with Crippen molar-refractivity contribution in [3.05, 3.63) is 46.9 Å². The van der Waals surface area contributed by atoms with Crippen LogP contribution in [0.4, 0.5) is 23.4 Å². The van der Waals surface area contributed by atoms with E-state index < -0.39 is 12.5 Å². The number of hydrogen-bond donors (Lipinski definition) is 1. The number of nitrogens with one attached hydrogen (secondary N) is 1. The number of halogens is 5. The van der Waals surface area contributed by atoms with E-state index >= 15 is 0 Å². The summed E-state index contributed by atoms with van der Waals surface area (Å²) in [5, 5.41) is 7.55. The molecule has 0 radical (unpaired) electrons. The van der Waals surface area contributed by atoms with E-state index in [-0.39, 0.29) is 12.3 Å². The fourth-order valence-electron chi connectivity index (χ4n) is 2.32. The van der Waals surface area contributed by atoms with E-state index in [9.17, 15) is 17.6 Å². The fraction of sp³-hybridized carbons (Fsp3) is 0.312. The number of nitrogens with zero attached hydrogens (tertiary/aromatic N) is 4. The summed E-state index contributed by atoms with van der Waals surface area (Å²) in [4.78, 5) is 8.33. The van der Waals surface area contributed by atoms with Crippen LogP contribution in [0, 0.1) is 0 Å². The number of rotatable bonds is 7. The molecule has 0 aliphatic rings. The molecule has 6 nitrogen and oxygen atoms in total. The Morgan fingerprint density at radius 1 is 1.26 bits per heavy atom.